The van der Waals surface area contributed by atoms with Gasteiger partial charge < -0.3 is 16.4 Å². The summed E-state index contributed by atoms with van der Waals surface area (Å²) in [6, 6.07) is 22.8. The zero-order chi connectivity index (χ0) is 27.7. The first kappa shape index (κ1) is 26.4. The monoisotopic (exact) mass is 554 g/mol. The SMILES string of the molecule is Cc1ccc(NC(=O)c2c(C)nc3sc(C(=O)NCc4ccccc4)c(N)c3c2-c2ccccc2Cl)c(C)c1. The van der Waals surface area contributed by atoms with Crippen molar-refractivity contribution in [2.24, 2.45) is 0 Å². The number of carbonyl (C=O) groups is 2. The van der Waals surface area contributed by atoms with Gasteiger partial charge in [0.1, 0.15) is 9.71 Å². The van der Waals surface area contributed by atoms with E-state index in [1.807, 2.05) is 80.6 Å². The van der Waals surface area contributed by atoms with E-state index in [-0.39, 0.29) is 17.5 Å². The fraction of sp³-hybridized carbons (Fsp3) is 0.129. The van der Waals surface area contributed by atoms with Crippen molar-refractivity contribution in [1.29, 1.82) is 0 Å². The van der Waals surface area contributed by atoms with Crippen LogP contribution >= 0.6 is 22.9 Å². The number of aryl methyl sites for hydroxylation is 3. The van der Waals surface area contributed by atoms with E-state index >= 15 is 0 Å². The number of hydrogen-bond donors (Lipinski definition) is 3. The molecule has 2 aromatic heterocycles. The van der Waals surface area contributed by atoms with Gasteiger partial charge in [-0.1, -0.05) is 77.8 Å². The molecule has 0 fully saturated rings. The lowest BCUT2D eigenvalue weighted by Crippen LogP contribution is -2.22. The number of fused-ring (bicyclic) bond motifs is 1. The van der Waals surface area contributed by atoms with Gasteiger partial charge in [0, 0.05) is 33.8 Å². The lowest BCUT2D eigenvalue weighted by molar-refractivity contribution is 0.0955. The Morgan fingerprint density at radius 3 is 2.38 bits per heavy atom. The predicted molar refractivity (Wildman–Crippen MR) is 161 cm³/mol. The number of nitrogens with one attached hydrogen (secondary N) is 2. The molecule has 2 amide bonds. The van der Waals surface area contributed by atoms with Crippen molar-refractivity contribution >= 4 is 56.3 Å². The highest BCUT2D eigenvalue weighted by Crippen LogP contribution is 2.44. The van der Waals surface area contributed by atoms with Gasteiger partial charge in [0.15, 0.2) is 0 Å². The van der Waals surface area contributed by atoms with E-state index in [0.717, 1.165) is 16.7 Å². The molecule has 0 unspecified atom stereocenters. The normalized spacial score (nSPS) is 11.0. The highest BCUT2D eigenvalue weighted by Gasteiger charge is 2.27. The van der Waals surface area contributed by atoms with E-state index < -0.39 is 0 Å². The number of pyridine rings is 1. The van der Waals surface area contributed by atoms with Crippen molar-refractivity contribution in [3.05, 3.63) is 111 Å². The third kappa shape index (κ3) is 5.24. The maximum Gasteiger partial charge on any atom is 0.263 e. The Balaban J connectivity index is 1.64. The summed E-state index contributed by atoms with van der Waals surface area (Å²) in [6.45, 7) is 6.09. The molecule has 5 aromatic rings. The van der Waals surface area contributed by atoms with Crippen LogP contribution in [0.3, 0.4) is 0 Å². The quantitative estimate of drug-likeness (QED) is 0.205. The van der Waals surface area contributed by atoms with Crippen molar-refractivity contribution in [3.63, 3.8) is 0 Å². The molecule has 0 atom stereocenters. The molecule has 2 heterocycles. The summed E-state index contributed by atoms with van der Waals surface area (Å²) in [5, 5.41) is 6.98. The van der Waals surface area contributed by atoms with Crippen molar-refractivity contribution in [2.75, 3.05) is 11.1 Å². The van der Waals surface area contributed by atoms with Crippen LogP contribution in [0.2, 0.25) is 5.02 Å². The molecule has 8 heteroatoms. The van der Waals surface area contributed by atoms with E-state index in [0.29, 0.717) is 54.7 Å². The minimum atomic E-state index is -0.329. The standard InChI is InChI=1S/C31H27ClN4O2S/c1-17-13-14-23(18(2)15-17)36-29(37)24-19(3)35-31-26(25(24)21-11-7-8-12-22(21)32)27(33)28(39-31)30(38)34-16-20-9-5-4-6-10-20/h4-15H,16,33H2,1-3H3,(H,34,38)(H,36,37). The van der Waals surface area contributed by atoms with Crippen LogP contribution in [0.5, 0.6) is 0 Å². The van der Waals surface area contributed by atoms with Gasteiger partial charge in [0.25, 0.3) is 11.8 Å². The summed E-state index contributed by atoms with van der Waals surface area (Å²) >= 11 is 7.86. The highest BCUT2D eigenvalue weighted by atomic mass is 35.5. The maximum atomic E-state index is 13.8. The zero-order valence-electron chi connectivity index (χ0n) is 21.8. The minimum absolute atomic E-state index is 0.267. The van der Waals surface area contributed by atoms with Crippen LogP contribution in [0, 0.1) is 20.8 Å². The minimum Gasteiger partial charge on any atom is -0.397 e. The van der Waals surface area contributed by atoms with Gasteiger partial charge in [-0.05, 0) is 44.0 Å². The van der Waals surface area contributed by atoms with Crippen molar-refractivity contribution in [1.82, 2.24) is 10.3 Å². The second kappa shape index (κ2) is 10.9. The first-order chi connectivity index (χ1) is 18.7. The number of nitrogens with zero attached hydrogens (tertiary/aromatic N) is 1. The lowest BCUT2D eigenvalue weighted by Gasteiger charge is -2.16. The van der Waals surface area contributed by atoms with Gasteiger partial charge in [-0.15, -0.1) is 11.3 Å². The smallest absolute Gasteiger partial charge is 0.263 e. The van der Waals surface area contributed by atoms with Crippen LogP contribution in [-0.4, -0.2) is 16.8 Å². The molecule has 196 valence electrons. The summed E-state index contributed by atoms with van der Waals surface area (Å²) in [6.07, 6.45) is 0. The summed E-state index contributed by atoms with van der Waals surface area (Å²) < 4.78 is 0. The topological polar surface area (TPSA) is 97.1 Å². The Morgan fingerprint density at radius 1 is 0.949 bits per heavy atom. The first-order valence-electron chi connectivity index (χ1n) is 12.4. The lowest BCUT2D eigenvalue weighted by atomic mass is 9.94. The second-order valence-electron chi connectivity index (χ2n) is 9.39. The molecule has 0 radical (unpaired) electrons. The molecular weight excluding hydrogens is 528 g/mol. The summed E-state index contributed by atoms with van der Waals surface area (Å²) in [7, 11) is 0. The fourth-order valence-corrected chi connectivity index (χ4v) is 5.94. The number of amides is 2. The van der Waals surface area contributed by atoms with E-state index in [4.69, 9.17) is 22.3 Å². The number of benzene rings is 3. The van der Waals surface area contributed by atoms with Crippen LogP contribution in [0.15, 0.2) is 72.8 Å². The number of thiophene rings is 1. The molecule has 0 aliphatic carbocycles. The van der Waals surface area contributed by atoms with Gasteiger partial charge in [-0.25, -0.2) is 4.98 Å². The molecule has 0 aliphatic heterocycles. The number of nitrogen functional groups attached to an aromatic ring is 1. The third-order valence-corrected chi connectivity index (χ3v) is 7.99. The van der Waals surface area contributed by atoms with Crippen molar-refractivity contribution < 1.29 is 9.59 Å². The van der Waals surface area contributed by atoms with Gasteiger partial charge in [0.2, 0.25) is 0 Å². The van der Waals surface area contributed by atoms with E-state index in [2.05, 4.69) is 10.6 Å². The maximum absolute atomic E-state index is 13.8. The largest absolute Gasteiger partial charge is 0.397 e. The van der Waals surface area contributed by atoms with Gasteiger partial charge in [-0.2, -0.15) is 0 Å². The molecule has 0 saturated heterocycles. The molecule has 0 saturated carbocycles. The average molecular weight is 555 g/mol. The first-order valence-corrected chi connectivity index (χ1v) is 13.6. The molecule has 0 bridgehead atoms. The third-order valence-electron chi connectivity index (χ3n) is 6.56. The summed E-state index contributed by atoms with van der Waals surface area (Å²) in [5.74, 6) is -0.632. The summed E-state index contributed by atoms with van der Waals surface area (Å²) in [4.78, 5) is 32.7. The Hall–Kier alpha value is -4.20. The molecule has 0 aliphatic rings. The van der Waals surface area contributed by atoms with Gasteiger partial charge in [-0.3, -0.25) is 9.59 Å². The summed E-state index contributed by atoms with van der Waals surface area (Å²) in [5.41, 5.74) is 12.7. The number of anilines is 2. The molecule has 39 heavy (non-hydrogen) atoms. The number of hydrogen-bond acceptors (Lipinski definition) is 5. The van der Waals surface area contributed by atoms with E-state index in [9.17, 15) is 9.59 Å². The molecule has 4 N–H and O–H groups in total. The number of nitrogens with two attached hydrogens (primary N) is 1. The predicted octanol–water partition coefficient (Wildman–Crippen LogP) is 7.31. The van der Waals surface area contributed by atoms with Crippen molar-refractivity contribution in [2.45, 2.75) is 27.3 Å². The van der Waals surface area contributed by atoms with Crippen LogP contribution in [-0.2, 0) is 6.54 Å². The van der Waals surface area contributed by atoms with Crippen LogP contribution in [0.1, 0.15) is 42.4 Å². The van der Waals surface area contributed by atoms with Crippen LogP contribution < -0.4 is 16.4 Å². The second-order valence-corrected chi connectivity index (χ2v) is 10.8. The van der Waals surface area contributed by atoms with Crippen LogP contribution in [0.4, 0.5) is 11.4 Å². The number of aromatic nitrogens is 1. The Labute approximate surface area is 235 Å². The Morgan fingerprint density at radius 2 is 1.67 bits per heavy atom. The highest BCUT2D eigenvalue weighted by molar-refractivity contribution is 7.21. The van der Waals surface area contributed by atoms with Crippen molar-refractivity contribution in [3.8, 4) is 11.1 Å². The Kier molecular flexibility index (Phi) is 7.37. The number of rotatable bonds is 6. The van der Waals surface area contributed by atoms with E-state index in [1.165, 1.54) is 11.3 Å². The number of halogens is 1. The van der Waals surface area contributed by atoms with Gasteiger partial charge >= 0.3 is 0 Å². The van der Waals surface area contributed by atoms with Crippen LogP contribution in [0.25, 0.3) is 21.3 Å². The molecule has 0 spiro atoms. The Bertz CT molecular complexity index is 1730. The molecule has 3 aromatic carbocycles. The number of carbonyl (C=O) groups excluding carboxylic acids is 2. The average Bonchev–Trinajstić information content (AvgIpc) is 3.24. The molecule has 5 rings (SSSR count). The van der Waals surface area contributed by atoms with E-state index in [1.54, 1.807) is 13.0 Å². The fourth-order valence-electron chi connectivity index (χ4n) is 4.64. The zero-order valence-corrected chi connectivity index (χ0v) is 23.3. The molecule has 6 nitrogen and oxygen atoms in total. The molecular formula is C31H27ClN4O2S. The van der Waals surface area contributed by atoms with Gasteiger partial charge in [0.05, 0.1) is 16.9 Å².